The van der Waals surface area contributed by atoms with E-state index in [4.69, 9.17) is 0 Å². The molecule has 0 heterocycles. The molecule has 2 nitrogen and oxygen atoms in total. The molecule has 0 radical (unpaired) electrons. The molecular weight excluding hydrogens is 641 g/mol. The molecule has 1 aliphatic carbocycles. The molecule has 2 heteroatoms. The summed E-state index contributed by atoms with van der Waals surface area (Å²) < 4.78 is 0. The van der Waals surface area contributed by atoms with Gasteiger partial charge in [-0.05, 0) is 117 Å². The minimum absolute atomic E-state index is 0.0621. The van der Waals surface area contributed by atoms with Gasteiger partial charge in [-0.2, -0.15) is 0 Å². The third-order valence-corrected chi connectivity index (χ3v) is 10.6. The monoisotopic (exact) mass is 680 g/mol. The predicted octanol–water partition coefficient (Wildman–Crippen LogP) is 14.3. The zero-order valence-corrected chi connectivity index (χ0v) is 30.0. The highest BCUT2D eigenvalue weighted by atomic mass is 15.1. The molecule has 8 aromatic carbocycles. The van der Waals surface area contributed by atoms with E-state index >= 15 is 0 Å². The molecule has 0 atom stereocenters. The molecule has 254 valence electrons. The smallest absolute Gasteiger partial charge is 0.0468 e. The number of fused-ring (bicyclic) bond motifs is 4. The van der Waals surface area contributed by atoms with Crippen molar-refractivity contribution in [2.24, 2.45) is 0 Å². The standard InChI is InChI=1S/C51H40N2/c1-51(2)49-20-12-11-19-47(49)48-34-33-46(36-50(48)51)53(42-17-7-4-8-18-42)44-30-25-38(26-31-44)22-21-37-23-28-43(29-24-37)52(41-15-5-3-6-16-41)45-32-27-39-13-9-10-14-40(39)35-45/h3-36H,1-2H3/b22-21+. The zero-order valence-electron chi connectivity index (χ0n) is 30.0. The van der Waals surface area contributed by atoms with Gasteiger partial charge in [-0.1, -0.05) is 147 Å². The second-order valence-corrected chi connectivity index (χ2v) is 14.3. The first kappa shape index (κ1) is 32.3. The van der Waals surface area contributed by atoms with Gasteiger partial charge >= 0.3 is 0 Å². The average Bonchev–Trinajstić information content (AvgIpc) is 3.44. The Bertz CT molecular complexity index is 2570. The van der Waals surface area contributed by atoms with Crippen molar-refractivity contribution in [3.05, 3.63) is 216 Å². The first-order valence-corrected chi connectivity index (χ1v) is 18.3. The van der Waals surface area contributed by atoms with Gasteiger partial charge in [0.05, 0.1) is 0 Å². The summed E-state index contributed by atoms with van der Waals surface area (Å²) in [5.41, 5.74) is 14.5. The molecule has 1 aliphatic rings. The molecule has 0 N–H and O–H groups in total. The summed E-state index contributed by atoms with van der Waals surface area (Å²) in [4.78, 5) is 4.68. The number of hydrogen-bond acceptors (Lipinski definition) is 2. The van der Waals surface area contributed by atoms with Gasteiger partial charge in [0.15, 0.2) is 0 Å². The van der Waals surface area contributed by atoms with E-state index in [1.807, 2.05) is 0 Å². The van der Waals surface area contributed by atoms with E-state index in [0.717, 1.165) is 45.3 Å². The summed E-state index contributed by atoms with van der Waals surface area (Å²) in [7, 11) is 0. The fraction of sp³-hybridized carbons (Fsp3) is 0.0588. The van der Waals surface area contributed by atoms with Gasteiger partial charge in [0.1, 0.15) is 0 Å². The van der Waals surface area contributed by atoms with Crippen molar-refractivity contribution in [2.45, 2.75) is 19.3 Å². The van der Waals surface area contributed by atoms with Crippen LogP contribution in [0.5, 0.6) is 0 Å². The zero-order chi connectivity index (χ0) is 35.8. The molecule has 0 bridgehead atoms. The van der Waals surface area contributed by atoms with E-state index in [1.54, 1.807) is 0 Å². The lowest BCUT2D eigenvalue weighted by molar-refractivity contribution is 0.660. The molecule has 0 spiro atoms. The maximum absolute atomic E-state index is 2.39. The normalized spacial score (nSPS) is 12.8. The lowest BCUT2D eigenvalue weighted by Gasteiger charge is -2.28. The molecule has 8 aromatic rings. The molecule has 0 amide bonds. The van der Waals surface area contributed by atoms with Gasteiger partial charge < -0.3 is 9.80 Å². The first-order chi connectivity index (χ1) is 26.0. The number of benzene rings is 8. The molecule has 0 aromatic heterocycles. The average molecular weight is 681 g/mol. The van der Waals surface area contributed by atoms with Crippen LogP contribution in [0, 0.1) is 0 Å². The Balaban J connectivity index is 0.988. The third kappa shape index (κ3) is 6.09. The maximum atomic E-state index is 2.39. The molecule has 0 saturated heterocycles. The molecule has 0 fully saturated rings. The van der Waals surface area contributed by atoms with Crippen molar-refractivity contribution >= 4 is 57.0 Å². The van der Waals surface area contributed by atoms with Crippen LogP contribution in [0.4, 0.5) is 34.1 Å². The van der Waals surface area contributed by atoms with Crippen LogP contribution < -0.4 is 9.80 Å². The van der Waals surface area contributed by atoms with E-state index in [1.165, 1.54) is 33.0 Å². The first-order valence-electron chi connectivity index (χ1n) is 18.3. The lowest BCUT2D eigenvalue weighted by atomic mass is 9.82. The highest BCUT2D eigenvalue weighted by molar-refractivity contribution is 5.90. The van der Waals surface area contributed by atoms with Crippen LogP contribution in [0.15, 0.2) is 194 Å². The van der Waals surface area contributed by atoms with E-state index in [9.17, 15) is 0 Å². The fourth-order valence-corrected chi connectivity index (χ4v) is 7.86. The van der Waals surface area contributed by atoms with Crippen molar-refractivity contribution in [3.63, 3.8) is 0 Å². The Labute approximate surface area is 312 Å². The number of para-hydroxylation sites is 2. The topological polar surface area (TPSA) is 6.48 Å². The summed E-state index contributed by atoms with van der Waals surface area (Å²) in [5, 5.41) is 2.47. The van der Waals surface area contributed by atoms with Crippen molar-refractivity contribution in [1.82, 2.24) is 0 Å². The van der Waals surface area contributed by atoms with Gasteiger partial charge in [-0.25, -0.2) is 0 Å². The number of nitrogens with zero attached hydrogens (tertiary/aromatic N) is 2. The van der Waals surface area contributed by atoms with Crippen LogP contribution in [-0.4, -0.2) is 0 Å². The van der Waals surface area contributed by atoms with Gasteiger partial charge in [-0.3, -0.25) is 0 Å². The minimum atomic E-state index is -0.0621. The van der Waals surface area contributed by atoms with Gasteiger partial charge in [0.2, 0.25) is 0 Å². The van der Waals surface area contributed by atoms with Crippen LogP contribution >= 0.6 is 0 Å². The van der Waals surface area contributed by atoms with Crippen molar-refractivity contribution < 1.29 is 0 Å². The summed E-state index contributed by atoms with van der Waals surface area (Å²) in [6, 6.07) is 69.9. The third-order valence-electron chi connectivity index (χ3n) is 10.6. The number of rotatable bonds is 8. The Hall–Kier alpha value is -6.64. The van der Waals surface area contributed by atoms with E-state index in [2.05, 4.69) is 230 Å². The molecular formula is C51H40N2. The van der Waals surface area contributed by atoms with Crippen molar-refractivity contribution in [2.75, 3.05) is 9.80 Å². The summed E-state index contributed by atoms with van der Waals surface area (Å²) in [6.45, 7) is 4.68. The molecule has 0 aliphatic heterocycles. The SMILES string of the molecule is CC1(C)c2ccccc2-c2ccc(N(c3ccccc3)c3ccc(/C=C/c4ccc(N(c5ccccc5)c5ccc6ccccc6c5)cc4)cc3)cc21. The second kappa shape index (κ2) is 13.5. The maximum Gasteiger partial charge on any atom is 0.0468 e. The molecule has 9 rings (SSSR count). The minimum Gasteiger partial charge on any atom is -0.310 e. The summed E-state index contributed by atoms with van der Waals surface area (Å²) >= 11 is 0. The van der Waals surface area contributed by atoms with E-state index in [-0.39, 0.29) is 5.41 Å². The van der Waals surface area contributed by atoms with E-state index < -0.39 is 0 Å². The van der Waals surface area contributed by atoms with Crippen molar-refractivity contribution in [3.8, 4) is 11.1 Å². The largest absolute Gasteiger partial charge is 0.310 e. The predicted molar refractivity (Wildman–Crippen MR) is 226 cm³/mol. The number of hydrogen-bond donors (Lipinski definition) is 0. The Morgan fingerprint density at radius 2 is 0.774 bits per heavy atom. The highest BCUT2D eigenvalue weighted by Crippen LogP contribution is 2.50. The van der Waals surface area contributed by atoms with Crippen LogP contribution in [-0.2, 0) is 5.41 Å². The van der Waals surface area contributed by atoms with E-state index in [0.29, 0.717) is 0 Å². The van der Waals surface area contributed by atoms with Gasteiger partial charge in [0.25, 0.3) is 0 Å². The quantitative estimate of drug-likeness (QED) is 0.147. The van der Waals surface area contributed by atoms with Crippen LogP contribution in [0.3, 0.4) is 0 Å². The molecule has 0 saturated carbocycles. The van der Waals surface area contributed by atoms with Crippen LogP contribution in [0.2, 0.25) is 0 Å². The summed E-state index contributed by atoms with van der Waals surface area (Å²) in [5.74, 6) is 0. The Morgan fingerprint density at radius 3 is 1.38 bits per heavy atom. The highest BCUT2D eigenvalue weighted by Gasteiger charge is 2.35. The molecule has 53 heavy (non-hydrogen) atoms. The van der Waals surface area contributed by atoms with Gasteiger partial charge in [-0.15, -0.1) is 0 Å². The van der Waals surface area contributed by atoms with Crippen molar-refractivity contribution in [1.29, 1.82) is 0 Å². The van der Waals surface area contributed by atoms with Gasteiger partial charge in [0, 0.05) is 39.5 Å². The Morgan fingerprint density at radius 1 is 0.340 bits per heavy atom. The lowest BCUT2D eigenvalue weighted by Crippen LogP contribution is -2.16. The van der Waals surface area contributed by atoms with Crippen LogP contribution in [0.1, 0.15) is 36.1 Å². The van der Waals surface area contributed by atoms with Crippen LogP contribution in [0.25, 0.3) is 34.1 Å². The molecule has 0 unspecified atom stereocenters. The number of anilines is 6. The second-order valence-electron chi connectivity index (χ2n) is 14.3. The Kier molecular flexibility index (Phi) is 8.21. The summed E-state index contributed by atoms with van der Waals surface area (Å²) in [6.07, 6.45) is 4.38. The fourth-order valence-electron chi connectivity index (χ4n) is 7.86.